The molecule has 2 amide bonds. The summed E-state index contributed by atoms with van der Waals surface area (Å²) in [5, 5.41) is 5.04. The molecular weight excluding hydrogens is 482 g/mol. The minimum atomic E-state index is -3.69. The first-order chi connectivity index (χ1) is 15.8. The van der Waals surface area contributed by atoms with Crippen LogP contribution in [0.1, 0.15) is 48.9 Å². The molecule has 7 nitrogen and oxygen atoms in total. The van der Waals surface area contributed by atoms with E-state index in [-0.39, 0.29) is 35.0 Å². The van der Waals surface area contributed by atoms with Gasteiger partial charge in [-0.15, -0.1) is 11.3 Å². The second kappa shape index (κ2) is 10.5. The highest BCUT2D eigenvalue weighted by Gasteiger charge is 2.33. The molecule has 2 fully saturated rings. The highest BCUT2D eigenvalue weighted by Crippen LogP contribution is 2.29. The first-order valence-electron chi connectivity index (χ1n) is 11.3. The van der Waals surface area contributed by atoms with Gasteiger partial charge in [0.1, 0.15) is 4.21 Å². The summed E-state index contributed by atoms with van der Waals surface area (Å²) in [7, 11) is -3.69. The third kappa shape index (κ3) is 5.77. The molecule has 2 saturated heterocycles. The van der Waals surface area contributed by atoms with Gasteiger partial charge in [-0.2, -0.15) is 4.31 Å². The van der Waals surface area contributed by atoms with Gasteiger partial charge in [0.05, 0.1) is 5.56 Å². The van der Waals surface area contributed by atoms with Gasteiger partial charge >= 0.3 is 0 Å². The van der Waals surface area contributed by atoms with Crippen molar-refractivity contribution in [3.05, 3.63) is 46.3 Å². The number of piperidine rings is 1. The molecular formula is C23H28ClN3O4S2. The minimum Gasteiger partial charge on any atom is -0.339 e. The second-order valence-electron chi connectivity index (χ2n) is 8.54. The second-order valence-corrected chi connectivity index (χ2v) is 12.1. The van der Waals surface area contributed by atoms with Crippen molar-refractivity contribution in [1.82, 2.24) is 9.21 Å². The third-order valence-electron chi connectivity index (χ3n) is 6.23. The van der Waals surface area contributed by atoms with Crippen molar-refractivity contribution in [2.45, 2.75) is 42.7 Å². The van der Waals surface area contributed by atoms with Crippen LogP contribution < -0.4 is 5.32 Å². The molecule has 0 saturated carbocycles. The van der Waals surface area contributed by atoms with E-state index in [9.17, 15) is 18.0 Å². The summed E-state index contributed by atoms with van der Waals surface area (Å²) in [6, 6.07) is 8.45. The molecule has 178 valence electrons. The predicted molar refractivity (Wildman–Crippen MR) is 130 cm³/mol. The molecule has 33 heavy (non-hydrogen) atoms. The number of amides is 2. The fraction of sp³-hybridized carbons (Fsp3) is 0.478. The monoisotopic (exact) mass is 509 g/mol. The van der Waals surface area contributed by atoms with E-state index >= 15 is 0 Å². The molecule has 0 radical (unpaired) electrons. The SMILES string of the molecule is O=C(Nc1cccc(Cl)c1)C1CCN(S(=O)(=O)c2cc(C(=O)N3CCCCCC3)cs2)CC1. The van der Waals surface area contributed by atoms with E-state index in [1.165, 1.54) is 10.4 Å². The van der Waals surface area contributed by atoms with Crippen molar-refractivity contribution in [2.75, 3.05) is 31.5 Å². The maximum atomic E-state index is 13.2. The summed E-state index contributed by atoms with van der Waals surface area (Å²) in [4.78, 5) is 27.3. The lowest BCUT2D eigenvalue weighted by atomic mass is 9.97. The molecule has 1 N–H and O–H groups in total. The van der Waals surface area contributed by atoms with Crippen molar-refractivity contribution in [1.29, 1.82) is 0 Å². The van der Waals surface area contributed by atoms with E-state index in [1.807, 2.05) is 4.90 Å². The normalized spacial score (nSPS) is 18.6. The van der Waals surface area contributed by atoms with Gasteiger partial charge in [0.15, 0.2) is 0 Å². The first kappa shape index (κ1) is 24.2. The van der Waals surface area contributed by atoms with Gasteiger partial charge in [0.2, 0.25) is 5.91 Å². The fourth-order valence-corrected chi connectivity index (χ4v) is 7.28. The fourth-order valence-electron chi connectivity index (χ4n) is 4.32. The van der Waals surface area contributed by atoms with Crippen LogP contribution in [0, 0.1) is 5.92 Å². The Hall–Kier alpha value is -1.94. The molecule has 0 atom stereocenters. The summed E-state index contributed by atoms with van der Waals surface area (Å²) in [5.41, 5.74) is 1.07. The van der Waals surface area contributed by atoms with Crippen LogP contribution in [0.4, 0.5) is 5.69 Å². The molecule has 2 aliphatic heterocycles. The zero-order chi connectivity index (χ0) is 23.4. The number of nitrogens with zero attached hydrogens (tertiary/aromatic N) is 2. The molecule has 3 heterocycles. The number of benzene rings is 1. The van der Waals surface area contributed by atoms with E-state index in [0.29, 0.717) is 29.1 Å². The number of sulfonamides is 1. The van der Waals surface area contributed by atoms with Crippen LogP contribution in [-0.4, -0.2) is 55.6 Å². The maximum Gasteiger partial charge on any atom is 0.254 e. The molecule has 10 heteroatoms. The summed E-state index contributed by atoms with van der Waals surface area (Å²) in [6.07, 6.45) is 5.11. The van der Waals surface area contributed by atoms with E-state index in [0.717, 1.165) is 50.1 Å². The van der Waals surface area contributed by atoms with Crippen LogP contribution in [-0.2, 0) is 14.8 Å². The number of likely N-dealkylation sites (tertiary alicyclic amines) is 1. The molecule has 4 rings (SSSR count). The number of halogens is 1. The third-order valence-corrected chi connectivity index (χ3v) is 9.78. The maximum absolute atomic E-state index is 13.2. The Kier molecular flexibility index (Phi) is 7.73. The molecule has 0 unspecified atom stereocenters. The van der Waals surface area contributed by atoms with Gasteiger partial charge in [-0.3, -0.25) is 9.59 Å². The largest absolute Gasteiger partial charge is 0.339 e. The summed E-state index contributed by atoms with van der Waals surface area (Å²) in [5.74, 6) is -0.485. The van der Waals surface area contributed by atoms with Crippen LogP contribution in [0.3, 0.4) is 0 Å². The number of thiophene rings is 1. The minimum absolute atomic E-state index is 0.0917. The van der Waals surface area contributed by atoms with Gasteiger partial charge in [-0.1, -0.05) is 30.5 Å². The van der Waals surface area contributed by atoms with Gasteiger partial charge < -0.3 is 10.2 Å². The Morgan fingerprint density at radius 3 is 2.36 bits per heavy atom. The number of nitrogens with one attached hydrogen (secondary N) is 1. The summed E-state index contributed by atoms with van der Waals surface area (Å²) in [6.45, 7) is 1.98. The summed E-state index contributed by atoms with van der Waals surface area (Å²) < 4.78 is 27.9. The lowest BCUT2D eigenvalue weighted by Gasteiger charge is -2.30. The van der Waals surface area contributed by atoms with E-state index in [1.54, 1.807) is 29.6 Å². The van der Waals surface area contributed by atoms with E-state index < -0.39 is 10.0 Å². The van der Waals surface area contributed by atoms with E-state index in [4.69, 9.17) is 11.6 Å². The Morgan fingerprint density at radius 1 is 1.00 bits per heavy atom. The lowest BCUT2D eigenvalue weighted by Crippen LogP contribution is -2.41. The van der Waals surface area contributed by atoms with Crippen LogP contribution in [0.25, 0.3) is 0 Å². The van der Waals surface area contributed by atoms with Crippen molar-refractivity contribution < 1.29 is 18.0 Å². The number of carbonyl (C=O) groups is 2. The number of carbonyl (C=O) groups excluding carboxylic acids is 2. The molecule has 0 spiro atoms. The van der Waals surface area contributed by atoms with Gasteiger partial charge in [0, 0.05) is 48.2 Å². The lowest BCUT2D eigenvalue weighted by molar-refractivity contribution is -0.120. The molecule has 2 aromatic rings. The molecule has 0 aliphatic carbocycles. The van der Waals surface area contributed by atoms with Gasteiger partial charge in [0.25, 0.3) is 15.9 Å². The summed E-state index contributed by atoms with van der Waals surface area (Å²) >= 11 is 7.06. The zero-order valence-corrected chi connectivity index (χ0v) is 20.7. The predicted octanol–water partition coefficient (Wildman–Crippen LogP) is 4.46. The van der Waals surface area contributed by atoms with Crippen LogP contribution in [0.15, 0.2) is 39.9 Å². The smallest absolute Gasteiger partial charge is 0.254 e. The van der Waals surface area contributed by atoms with Gasteiger partial charge in [-0.05, 0) is 49.9 Å². The molecule has 2 aliphatic rings. The van der Waals surface area contributed by atoms with E-state index in [2.05, 4.69) is 5.32 Å². The molecule has 1 aromatic heterocycles. The Balaban J connectivity index is 1.36. The molecule has 1 aromatic carbocycles. The zero-order valence-electron chi connectivity index (χ0n) is 18.3. The molecule has 0 bridgehead atoms. The number of anilines is 1. The Bertz CT molecular complexity index is 1100. The highest BCUT2D eigenvalue weighted by atomic mass is 35.5. The van der Waals surface area contributed by atoms with Crippen LogP contribution in [0.2, 0.25) is 5.02 Å². The quantitative estimate of drug-likeness (QED) is 0.644. The van der Waals surface area contributed by atoms with Crippen molar-refractivity contribution in [3.8, 4) is 0 Å². The highest BCUT2D eigenvalue weighted by molar-refractivity contribution is 7.91. The van der Waals surface area contributed by atoms with Crippen molar-refractivity contribution in [2.24, 2.45) is 5.92 Å². The first-order valence-corrected chi connectivity index (χ1v) is 14.0. The topological polar surface area (TPSA) is 86.8 Å². The standard InChI is InChI=1S/C23H28ClN3O4S2/c24-19-6-5-7-20(15-19)25-22(28)17-8-12-27(13-9-17)33(30,31)21-14-18(16-32-21)23(29)26-10-3-1-2-4-11-26/h5-7,14-17H,1-4,8-13H2,(H,25,28). The van der Waals surface area contributed by atoms with Crippen LogP contribution >= 0.6 is 22.9 Å². The Labute approximate surface area is 203 Å². The average Bonchev–Trinajstić information content (AvgIpc) is 3.16. The van der Waals surface area contributed by atoms with Crippen molar-refractivity contribution in [3.63, 3.8) is 0 Å². The number of hydrogen-bond acceptors (Lipinski definition) is 5. The van der Waals surface area contributed by atoms with Crippen LogP contribution in [0.5, 0.6) is 0 Å². The number of hydrogen-bond donors (Lipinski definition) is 1. The van der Waals surface area contributed by atoms with Gasteiger partial charge in [-0.25, -0.2) is 8.42 Å². The number of rotatable bonds is 5. The Morgan fingerprint density at radius 2 is 1.70 bits per heavy atom. The van der Waals surface area contributed by atoms with Crippen molar-refractivity contribution >= 4 is 50.5 Å². The average molecular weight is 510 g/mol.